The number of benzene rings is 2. The Morgan fingerprint density at radius 3 is 2.60 bits per heavy atom. The topological polar surface area (TPSA) is 112 Å². The van der Waals surface area contributed by atoms with Crippen molar-refractivity contribution in [1.82, 2.24) is 25.0 Å². The first-order chi connectivity index (χ1) is 16.7. The van der Waals surface area contributed by atoms with E-state index in [-0.39, 0.29) is 28.9 Å². The van der Waals surface area contributed by atoms with Crippen LogP contribution in [0.2, 0.25) is 0 Å². The number of nitrogens with one attached hydrogen (secondary N) is 1. The Morgan fingerprint density at radius 1 is 1.06 bits per heavy atom. The van der Waals surface area contributed by atoms with Crippen molar-refractivity contribution in [2.45, 2.75) is 23.4 Å². The van der Waals surface area contributed by atoms with E-state index in [2.05, 4.69) is 25.0 Å². The van der Waals surface area contributed by atoms with Crippen LogP contribution in [0.1, 0.15) is 29.0 Å². The molecule has 2 aromatic carbocycles. The molecule has 1 aliphatic rings. The summed E-state index contributed by atoms with van der Waals surface area (Å²) >= 11 is 0. The predicted molar refractivity (Wildman–Crippen MR) is 118 cm³/mol. The van der Waals surface area contributed by atoms with Crippen molar-refractivity contribution >= 4 is 15.8 Å². The van der Waals surface area contributed by atoms with Gasteiger partial charge in [0.1, 0.15) is 17.9 Å². The minimum atomic E-state index is -4.53. The summed E-state index contributed by atoms with van der Waals surface area (Å²) in [6.45, 7) is 0.248. The summed E-state index contributed by atoms with van der Waals surface area (Å²) in [6.07, 6.45) is 1.42. The Balaban J connectivity index is 1.54. The highest BCUT2D eigenvalue weighted by Gasteiger charge is 2.33. The standard InChI is InChI=1S/C22H17F3N6O3S/c23-22(24,25)14-1-3-17(19(11-14)31-9-8-28-30-31)16-6-10-34-20-12-15(2-4-18(16)20)35(32,33)29-21-5-7-26-13-27-21/h1-5,7-9,11-13,16H,6,10H2,(H,26,27,29)/t16-/m0/s1. The van der Waals surface area contributed by atoms with Gasteiger partial charge in [-0.3, -0.25) is 4.72 Å². The van der Waals surface area contributed by atoms with Crippen LogP contribution < -0.4 is 9.46 Å². The van der Waals surface area contributed by atoms with E-state index in [1.807, 2.05) is 0 Å². The van der Waals surface area contributed by atoms with Gasteiger partial charge in [0.25, 0.3) is 10.0 Å². The molecule has 4 aromatic rings. The molecule has 1 aliphatic heterocycles. The van der Waals surface area contributed by atoms with E-state index in [4.69, 9.17) is 4.74 Å². The molecule has 0 radical (unpaired) electrons. The maximum absolute atomic E-state index is 13.4. The maximum atomic E-state index is 13.4. The lowest BCUT2D eigenvalue weighted by atomic mass is 9.85. The van der Waals surface area contributed by atoms with Gasteiger partial charge in [-0.05, 0) is 36.2 Å². The molecule has 5 rings (SSSR count). The van der Waals surface area contributed by atoms with Gasteiger partial charge in [-0.1, -0.05) is 17.3 Å². The van der Waals surface area contributed by atoms with E-state index in [0.29, 0.717) is 23.3 Å². The quantitative estimate of drug-likeness (QED) is 0.442. The number of hydrogen-bond acceptors (Lipinski definition) is 7. The number of halogens is 3. The number of alkyl halides is 3. The number of aromatic nitrogens is 5. The monoisotopic (exact) mass is 502 g/mol. The smallest absolute Gasteiger partial charge is 0.416 e. The van der Waals surface area contributed by atoms with E-state index in [1.165, 1.54) is 53.9 Å². The molecule has 0 unspecified atom stereocenters. The second-order valence-electron chi connectivity index (χ2n) is 7.71. The lowest BCUT2D eigenvalue weighted by Gasteiger charge is -2.28. The van der Waals surface area contributed by atoms with Gasteiger partial charge in [0.2, 0.25) is 0 Å². The number of nitrogens with zero attached hydrogens (tertiary/aromatic N) is 5. The van der Waals surface area contributed by atoms with Crippen LogP contribution in [0.25, 0.3) is 5.69 Å². The van der Waals surface area contributed by atoms with Crippen molar-refractivity contribution in [3.05, 3.63) is 84.1 Å². The first kappa shape index (κ1) is 22.8. The lowest BCUT2D eigenvalue weighted by molar-refractivity contribution is -0.137. The zero-order valence-corrected chi connectivity index (χ0v) is 18.7. The summed E-state index contributed by atoms with van der Waals surface area (Å²) in [7, 11) is -3.96. The van der Waals surface area contributed by atoms with E-state index in [9.17, 15) is 21.6 Å². The second kappa shape index (κ2) is 8.65. The van der Waals surface area contributed by atoms with E-state index < -0.39 is 21.8 Å². The molecule has 0 fully saturated rings. The van der Waals surface area contributed by atoms with Crippen LogP contribution in [0.15, 0.2) is 72.3 Å². The van der Waals surface area contributed by atoms with Crippen molar-refractivity contribution in [3.63, 3.8) is 0 Å². The third-order valence-corrected chi connectivity index (χ3v) is 6.91. The fraction of sp³-hybridized carbons (Fsp3) is 0.182. The van der Waals surface area contributed by atoms with Crippen molar-refractivity contribution in [2.75, 3.05) is 11.3 Å². The highest BCUT2D eigenvalue weighted by molar-refractivity contribution is 7.92. The number of hydrogen-bond donors (Lipinski definition) is 1. The van der Waals surface area contributed by atoms with Crippen molar-refractivity contribution in [1.29, 1.82) is 0 Å². The lowest BCUT2D eigenvalue weighted by Crippen LogP contribution is -2.19. The molecule has 3 heterocycles. The van der Waals surface area contributed by atoms with Gasteiger partial charge in [-0.25, -0.2) is 23.1 Å². The molecule has 0 bridgehead atoms. The van der Waals surface area contributed by atoms with Crippen LogP contribution in [0.3, 0.4) is 0 Å². The van der Waals surface area contributed by atoms with Crippen molar-refractivity contribution < 1.29 is 26.3 Å². The Labute approximate surface area is 197 Å². The molecule has 180 valence electrons. The molecular weight excluding hydrogens is 485 g/mol. The molecule has 0 amide bonds. The molecule has 2 aromatic heterocycles. The molecule has 9 nitrogen and oxygen atoms in total. The number of fused-ring (bicyclic) bond motifs is 1. The number of sulfonamides is 1. The molecule has 35 heavy (non-hydrogen) atoms. The summed E-state index contributed by atoms with van der Waals surface area (Å²) in [6, 6.07) is 9.31. The largest absolute Gasteiger partial charge is 0.493 e. The van der Waals surface area contributed by atoms with Crippen molar-refractivity contribution in [2.24, 2.45) is 0 Å². The molecule has 0 aliphatic carbocycles. The van der Waals surface area contributed by atoms with Gasteiger partial charge in [0.15, 0.2) is 0 Å². The highest BCUT2D eigenvalue weighted by atomic mass is 32.2. The fourth-order valence-corrected chi connectivity index (χ4v) is 4.98. The van der Waals surface area contributed by atoms with Crippen LogP contribution >= 0.6 is 0 Å². The molecule has 0 saturated heterocycles. The molecular formula is C22H17F3N6O3S. The summed E-state index contributed by atoms with van der Waals surface area (Å²) in [5.41, 5.74) is 0.662. The normalized spacial score (nSPS) is 15.8. The molecule has 13 heteroatoms. The maximum Gasteiger partial charge on any atom is 0.416 e. The Kier molecular flexibility index (Phi) is 5.63. The van der Waals surface area contributed by atoms with Crippen LogP contribution in [0.5, 0.6) is 5.75 Å². The van der Waals surface area contributed by atoms with Gasteiger partial charge in [0.05, 0.1) is 35.1 Å². The zero-order valence-electron chi connectivity index (χ0n) is 17.8. The summed E-state index contributed by atoms with van der Waals surface area (Å²) < 4.78 is 75.2. The van der Waals surface area contributed by atoms with E-state index in [1.54, 1.807) is 6.07 Å². The number of rotatable bonds is 5. The first-order valence-electron chi connectivity index (χ1n) is 10.4. The average Bonchev–Trinajstić information content (AvgIpc) is 3.38. The van der Waals surface area contributed by atoms with Crippen LogP contribution in [-0.4, -0.2) is 40.0 Å². The van der Waals surface area contributed by atoms with Gasteiger partial charge in [0, 0.05) is 23.7 Å². The third-order valence-electron chi connectivity index (χ3n) is 5.56. The van der Waals surface area contributed by atoms with Gasteiger partial charge >= 0.3 is 6.18 Å². The summed E-state index contributed by atoms with van der Waals surface area (Å²) in [4.78, 5) is 7.57. The first-order valence-corrected chi connectivity index (χ1v) is 11.8. The van der Waals surface area contributed by atoms with E-state index in [0.717, 1.165) is 12.1 Å². The van der Waals surface area contributed by atoms with Gasteiger partial charge in [-0.15, -0.1) is 5.10 Å². The second-order valence-corrected chi connectivity index (χ2v) is 9.39. The van der Waals surface area contributed by atoms with Crippen molar-refractivity contribution in [3.8, 4) is 11.4 Å². The molecule has 0 spiro atoms. The fourth-order valence-electron chi connectivity index (χ4n) is 3.96. The van der Waals surface area contributed by atoms with E-state index >= 15 is 0 Å². The number of anilines is 1. The van der Waals surface area contributed by atoms with Gasteiger partial charge < -0.3 is 4.74 Å². The minimum absolute atomic E-state index is 0.0422. The highest BCUT2D eigenvalue weighted by Crippen LogP contribution is 2.42. The Bertz CT molecular complexity index is 1460. The number of ether oxygens (including phenoxy) is 1. The Hall–Kier alpha value is -4.00. The van der Waals surface area contributed by atoms with Gasteiger partial charge in [-0.2, -0.15) is 13.2 Å². The van der Waals surface area contributed by atoms with Crippen LogP contribution in [-0.2, 0) is 16.2 Å². The predicted octanol–water partition coefficient (Wildman–Crippen LogP) is 3.79. The third kappa shape index (κ3) is 4.54. The van der Waals surface area contributed by atoms with Crippen LogP contribution in [0, 0.1) is 0 Å². The zero-order chi connectivity index (χ0) is 24.6. The van der Waals surface area contributed by atoms with Crippen LogP contribution in [0.4, 0.5) is 19.0 Å². The Morgan fingerprint density at radius 2 is 1.89 bits per heavy atom. The minimum Gasteiger partial charge on any atom is -0.493 e. The molecule has 1 N–H and O–H groups in total. The summed E-state index contributed by atoms with van der Waals surface area (Å²) in [5.74, 6) is 0.0850. The average molecular weight is 502 g/mol. The molecule has 0 saturated carbocycles. The molecule has 1 atom stereocenters. The summed E-state index contributed by atoms with van der Waals surface area (Å²) in [5, 5.41) is 7.60. The SMILES string of the molecule is O=S(=O)(Nc1ccncn1)c1ccc2c(c1)OCC[C@H]2c1ccc(C(F)(F)F)cc1-n1ccnn1.